The first-order valence-electron chi connectivity index (χ1n) is 11.2. The molecule has 0 amide bonds. The summed E-state index contributed by atoms with van der Waals surface area (Å²) >= 11 is 0. The molecule has 1 spiro atoms. The zero-order valence-corrected chi connectivity index (χ0v) is 17.9. The number of benzene rings is 2. The van der Waals surface area contributed by atoms with Crippen molar-refractivity contribution in [1.82, 2.24) is 5.32 Å². The summed E-state index contributed by atoms with van der Waals surface area (Å²) in [7, 11) is 0. The molecular weight excluding hydrogens is 425 g/mol. The summed E-state index contributed by atoms with van der Waals surface area (Å²) in [4.78, 5) is 0. The molecule has 1 heterocycles. The Labute approximate surface area is 185 Å². The fraction of sp³-hybridized carbons (Fsp3) is 0.520. The quantitative estimate of drug-likeness (QED) is 0.397. The van der Waals surface area contributed by atoms with Crippen molar-refractivity contribution in [2.75, 3.05) is 13.2 Å². The zero-order chi connectivity index (χ0) is 22.8. The second kappa shape index (κ2) is 9.10. The van der Waals surface area contributed by atoms with Crippen LogP contribution in [-0.2, 0) is 22.9 Å². The van der Waals surface area contributed by atoms with Gasteiger partial charge in [0.25, 0.3) is 0 Å². The van der Waals surface area contributed by atoms with Crippen LogP contribution in [0.15, 0.2) is 42.5 Å². The van der Waals surface area contributed by atoms with Crippen LogP contribution in [0.3, 0.4) is 0 Å². The normalized spacial score (nSPS) is 23.0. The van der Waals surface area contributed by atoms with Gasteiger partial charge in [-0.1, -0.05) is 25.0 Å². The molecule has 0 bridgehead atoms. The highest BCUT2D eigenvalue weighted by atomic mass is 19.4. The molecule has 2 aliphatic rings. The van der Waals surface area contributed by atoms with Crippen LogP contribution >= 0.6 is 0 Å². The van der Waals surface area contributed by atoms with E-state index >= 15 is 0 Å². The maximum Gasteiger partial charge on any atom is 0.416 e. The van der Waals surface area contributed by atoms with E-state index in [9.17, 15) is 22.0 Å². The van der Waals surface area contributed by atoms with Gasteiger partial charge in [-0.15, -0.1) is 0 Å². The second-order valence-electron chi connectivity index (χ2n) is 9.23. The fourth-order valence-corrected chi connectivity index (χ4v) is 5.45. The molecule has 1 aliphatic carbocycles. The molecule has 2 fully saturated rings. The molecule has 174 valence electrons. The van der Waals surface area contributed by atoms with Crippen molar-refractivity contribution in [3.63, 3.8) is 0 Å². The Balaban J connectivity index is 1.51. The van der Waals surface area contributed by atoms with E-state index in [-0.39, 0.29) is 11.0 Å². The van der Waals surface area contributed by atoms with E-state index in [0.29, 0.717) is 31.7 Å². The average Bonchev–Trinajstić information content (AvgIpc) is 3.17. The number of nitrogens with one attached hydrogen (secondary N) is 1. The van der Waals surface area contributed by atoms with Gasteiger partial charge in [0, 0.05) is 24.6 Å². The molecule has 0 radical (unpaired) electrons. The average molecular weight is 453 g/mol. The number of alkyl halides is 3. The van der Waals surface area contributed by atoms with Crippen molar-refractivity contribution in [3.8, 4) is 0 Å². The van der Waals surface area contributed by atoms with Crippen LogP contribution in [0.5, 0.6) is 0 Å². The van der Waals surface area contributed by atoms with Gasteiger partial charge in [0.15, 0.2) is 0 Å². The van der Waals surface area contributed by atoms with E-state index < -0.39 is 23.4 Å². The van der Waals surface area contributed by atoms with E-state index in [1.165, 1.54) is 12.1 Å². The molecule has 1 aliphatic heterocycles. The highest BCUT2D eigenvalue weighted by Crippen LogP contribution is 2.50. The Kier molecular flexibility index (Phi) is 6.59. The van der Waals surface area contributed by atoms with Crippen LogP contribution in [0.1, 0.15) is 61.6 Å². The molecule has 4 rings (SSSR count). The van der Waals surface area contributed by atoms with Gasteiger partial charge in [0.2, 0.25) is 0 Å². The van der Waals surface area contributed by atoms with Gasteiger partial charge in [0.1, 0.15) is 11.6 Å². The molecule has 0 unspecified atom stereocenters. The highest BCUT2D eigenvalue weighted by molar-refractivity contribution is 5.32. The Morgan fingerprint density at radius 2 is 1.56 bits per heavy atom. The lowest BCUT2D eigenvalue weighted by Gasteiger charge is -2.47. The third-order valence-corrected chi connectivity index (χ3v) is 7.02. The van der Waals surface area contributed by atoms with Gasteiger partial charge in [-0.3, -0.25) is 0 Å². The van der Waals surface area contributed by atoms with Crippen molar-refractivity contribution >= 4 is 0 Å². The van der Waals surface area contributed by atoms with Gasteiger partial charge in [-0.2, -0.15) is 13.2 Å². The lowest BCUT2D eigenvalue weighted by molar-refractivity contribution is -0.137. The molecule has 7 heteroatoms. The van der Waals surface area contributed by atoms with Crippen LogP contribution in [0.4, 0.5) is 22.0 Å². The second-order valence-corrected chi connectivity index (χ2v) is 9.23. The van der Waals surface area contributed by atoms with Gasteiger partial charge in [0.05, 0.1) is 11.2 Å². The van der Waals surface area contributed by atoms with Crippen LogP contribution in [-0.4, -0.2) is 18.8 Å². The predicted octanol–water partition coefficient (Wildman–Crippen LogP) is 6.52. The summed E-state index contributed by atoms with van der Waals surface area (Å²) < 4.78 is 72.3. The lowest BCUT2D eigenvalue weighted by atomic mass is 9.66. The summed E-state index contributed by atoms with van der Waals surface area (Å²) in [6, 6.07) is 8.98. The Morgan fingerprint density at radius 3 is 2.19 bits per heavy atom. The molecule has 2 nitrogen and oxygen atoms in total. The minimum Gasteiger partial charge on any atom is -0.375 e. The first-order chi connectivity index (χ1) is 15.2. The largest absolute Gasteiger partial charge is 0.416 e. The Hall–Kier alpha value is -1.99. The summed E-state index contributed by atoms with van der Waals surface area (Å²) in [6.07, 6.45) is 2.02. The number of rotatable bonds is 6. The molecule has 1 saturated carbocycles. The molecule has 1 saturated heterocycles. The number of hydrogen-bond acceptors (Lipinski definition) is 2. The molecule has 1 atom stereocenters. The minimum absolute atomic E-state index is 0.202. The van der Waals surface area contributed by atoms with Gasteiger partial charge in [-0.25, -0.2) is 8.78 Å². The van der Waals surface area contributed by atoms with Crippen LogP contribution in [0.2, 0.25) is 0 Å². The molecular formula is C25H28F5NO. The summed E-state index contributed by atoms with van der Waals surface area (Å²) in [5.41, 5.74) is 0.272. The standard InChI is InChI=1S/C25H28F5NO/c26-21-13-18(14-22(27)15-21)16-31-11-9-23(10-12-32-24(17-23)7-1-2-8-24)19-3-5-20(6-4-19)25(28,29)30/h3-6,13-15,31H,1-2,7-12,16-17H2/t23-/m1/s1. The summed E-state index contributed by atoms with van der Waals surface area (Å²) in [6.45, 7) is 1.48. The van der Waals surface area contributed by atoms with Crippen LogP contribution < -0.4 is 5.32 Å². The fourth-order valence-electron chi connectivity index (χ4n) is 5.45. The summed E-state index contributed by atoms with van der Waals surface area (Å²) in [5.74, 6) is -1.23. The molecule has 2 aromatic rings. The maximum absolute atomic E-state index is 13.4. The molecule has 0 aromatic heterocycles. The molecule has 2 aromatic carbocycles. The zero-order valence-electron chi connectivity index (χ0n) is 17.9. The summed E-state index contributed by atoms with van der Waals surface area (Å²) in [5, 5.41) is 3.26. The number of hydrogen-bond donors (Lipinski definition) is 1. The van der Waals surface area contributed by atoms with E-state index in [1.807, 2.05) is 0 Å². The van der Waals surface area contributed by atoms with Crippen LogP contribution in [0.25, 0.3) is 0 Å². The van der Waals surface area contributed by atoms with Crippen LogP contribution in [0, 0.1) is 11.6 Å². The molecule has 32 heavy (non-hydrogen) atoms. The smallest absolute Gasteiger partial charge is 0.375 e. The molecule has 1 N–H and O–H groups in total. The third-order valence-electron chi connectivity index (χ3n) is 7.02. The van der Waals surface area contributed by atoms with Crippen molar-refractivity contribution in [1.29, 1.82) is 0 Å². The monoisotopic (exact) mass is 453 g/mol. The Morgan fingerprint density at radius 1 is 0.906 bits per heavy atom. The first-order valence-corrected chi connectivity index (χ1v) is 11.2. The topological polar surface area (TPSA) is 21.3 Å². The van der Waals surface area contributed by atoms with E-state index in [1.54, 1.807) is 12.1 Å². The maximum atomic E-state index is 13.4. The van der Waals surface area contributed by atoms with E-state index in [0.717, 1.165) is 62.3 Å². The lowest BCUT2D eigenvalue weighted by Crippen LogP contribution is -2.47. The van der Waals surface area contributed by atoms with Crippen molar-refractivity contribution in [3.05, 3.63) is 70.8 Å². The minimum atomic E-state index is -4.37. The van der Waals surface area contributed by atoms with E-state index in [2.05, 4.69) is 5.32 Å². The van der Waals surface area contributed by atoms with Gasteiger partial charge < -0.3 is 10.1 Å². The highest BCUT2D eigenvalue weighted by Gasteiger charge is 2.47. The Bertz CT molecular complexity index is 901. The van der Waals surface area contributed by atoms with Crippen molar-refractivity contribution in [2.45, 2.75) is 68.7 Å². The predicted molar refractivity (Wildman–Crippen MR) is 112 cm³/mol. The van der Waals surface area contributed by atoms with Crippen molar-refractivity contribution < 1.29 is 26.7 Å². The number of halogens is 5. The third kappa shape index (κ3) is 5.15. The number of ether oxygens (including phenoxy) is 1. The van der Waals surface area contributed by atoms with E-state index in [4.69, 9.17) is 4.74 Å². The van der Waals surface area contributed by atoms with Crippen molar-refractivity contribution in [2.24, 2.45) is 0 Å². The van der Waals surface area contributed by atoms with Gasteiger partial charge in [-0.05, 0) is 74.0 Å². The first kappa shape index (κ1) is 23.2. The SMILES string of the molecule is Fc1cc(F)cc(CNCC[C@@]2(c3ccc(C(F)(F)F)cc3)CCOC3(CCCC3)C2)c1. The van der Waals surface area contributed by atoms with Gasteiger partial charge >= 0.3 is 6.18 Å².